The summed E-state index contributed by atoms with van der Waals surface area (Å²) in [6.07, 6.45) is 0. The van der Waals surface area contributed by atoms with Crippen LogP contribution < -0.4 is 16.2 Å². The Kier molecular flexibility index (Phi) is 3.42. The largest absolute Gasteiger partial charge is 0.494 e. The lowest BCUT2D eigenvalue weighted by Gasteiger charge is -2.05. The second kappa shape index (κ2) is 5.40. The minimum absolute atomic E-state index is 0.354. The third-order valence-corrected chi connectivity index (χ3v) is 3.36. The molecule has 0 atom stereocenters. The van der Waals surface area contributed by atoms with Crippen molar-refractivity contribution in [1.82, 2.24) is 10.2 Å². The number of aromatic amines is 1. The molecule has 0 aliphatic heterocycles. The van der Waals surface area contributed by atoms with Crippen molar-refractivity contribution >= 4 is 22.5 Å². The molecule has 22 heavy (non-hydrogen) atoms. The van der Waals surface area contributed by atoms with Crippen LogP contribution in [0.3, 0.4) is 0 Å². The van der Waals surface area contributed by atoms with E-state index in [2.05, 4.69) is 10.2 Å². The molecular weight excluding hydrogens is 280 g/mol. The molecule has 1 heterocycles. The molecule has 0 fully saturated rings. The van der Waals surface area contributed by atoms with E-state index in [0.717, 1.165) is 22.2 Å². The van der Waals surface area contributed by atoms with Crippen LogP contribution in [-0.2, 0) is 0 Å². The summed E-state index contributed by atoms with van der Waals surface area (Å²) in [7, 11) is 0. The molecule has 6 nitrogen and oxygen atoms in total. The third kappa shape index (κ3) is 2.46. The first-order valence-electron chi connectivity index (χ1n) is 6.90. The number of aromatic nitrogens is 2. The molecule has 5 N–H and O–H groups in total. The van der Waals surface area contributed by atoms with E-state index in [1.54, 1.807) is 18.2 Å². The Morgan fingerprint density at radius 2 is 2.09 bits per heavy atom. The van der Waals surface area contributed by atoms with Gasteiger partial charge >= 0.3 is 0 Å². The maximum absolute atomic E-state index is 11.4. The molecule has 0 unspecified atom stereocenters. The van der Waals surface area contributed by atoms with Gasteiger partial charge in [-0.25, -0.2) is 0 Å². The van der Waals surface area contributed by atoms with Gasteiger partial charge in [0.2, 0.25) is 5.91 Å². The molecule has 0 bridgehead atoms. The summed E-state index contributed by atoms with van der Waals surface area (Å²) in [4.78, 5) is 11.4. The lowest BCUT2D eigenvalue weighted by Crippen LogP contribution is -2.11. The van der Waals surface area contributed by atoms with E-state index in [1.807, 2.05) is 25.1 Å². The van der Waals surface area contributed by atoms with E-state index in [0.29, 0.717) is 23.6 Å². The van der Waals surface area contributed by atoms with Gasteiger partial charge < -0.3 is 16.2 Å². The molecule has 2 aromatic carbocycles. The Labute approximate surface area is 127 Å². The molecule has 6 heteroatoms. The first kappa shape index (κ1) is 13.9. The number of amides is 1. The van der Waals surface area contributed by atoms with Gasteiger partial charge in [-0.2, -0.15) is 5.10 Å². The van der Waals surface area contributed by atoms with Crippen molar-refractivity contribution < 1.29 is 9.53 Å². The standard InChI is InChI=1S/C16H16N4O2/c1-2-22-12-3-4-14-13(8-12)15(20-19-14)9-5-10(16(18)21)7-11(17)6-9/h3-8H,2,17H2,1H3,(H2,18,21)(H,19,20). The number of H-pyrrole nitrogens is 1. The quantitative estimate of drug-likeness (QED) is 0.642. The highest BCUT2D eigenvalue weighted by molar-refractivity contribution is 5.98. The summed E-state index contributed by atoms with van der Waals surface area (Å²) in [5, 5.41) is 8.18. The first-order chi connectivity index (χ1) is 10.6. The zero-order chi connectivity index (χ0) is 15.7. The van der Waals surface area contributed by atoms with Crippen LogP contribution in [0, 0.1) is 0 Å². The van der Waals surface area contributed by atoms with Crippen LogP contribution in [0.1, 0.15) is 17.3 Å². The average Bonchev–Trinajstić information content (AvgIpc) is 2.90. The minimum Gasteiger partial charge on any atom is -0.494 e. The molecule has 3 aromatic rings. The Morgan fingerprint density at radius 1 is 1.27 bits per heavy atom. The van der Waals surface area contributed by atoms with Crippen LogP contribution in [0.15, 0.2) is 36.4 Å². The molecule has 0 saturated heterocycles. The number of primary amides is 1. The van der Waals surface area contributed by atoms with Crippen molar-refractivity contribution in [2.75, 3.05) is 12.3 Å². The maximum Gasteiger partial charge on any atom is 0.248 e. The summed E-state index contributed by atoms with van der Waals surface area (Å²) < 4.78 is 5.52. The second-order valence-corrected chi connectivity index (χ2v) is 4.92. The predicted molar refractivity (Wildman–Crippen MR) is 85.6 cm³/mol. The number of ether oxygens (including phenoxy) is 1. The topological polar surface area (TPSA) is 107 Å². The molecule has 1 aromatic heterocycles. The highest BCUT2D eigenvalue weighted by Gasteiger charge is 2.12. The smallest absolute Gasteiger partial charge is 0.248 e. The number of rotatable bonds is 4. The van der Waals surface area contributed by atoms with Crippen LogP contribution >= 0.6 is 0 Å². The van der Waals surface area contributed by atoms with Crippen LogP contribution in [0.25, 0.3) is 22.2 Å². The van der Waals surface area contributed by atoms with Crippen molar-refractivity contribution in [3.8, 4) is 17.0 Å². The lowest BCUT2D eigenvalue weighted by molar-refractivity contribution is 0.100. The summed E-state index contributed by atoms with van der Waals surface area (Å²) in [6, 6.07) is 10.7. The summed E-state index contributed by atoms with van der Waals surface area (Å²) in [5.74, 6) is 0.236. The fourth-order valence-corrected chi connectivity index (χ4v) is 2.40. The number of benzene rings is 2. The summed E-state index contributed by atoms with van der Waals surface area (Å²) >= 11 is 0. The van der Waals surface area contributed by atoms with Gasteiger partial charge in [0.05, 0.1) is 12.1 Å². The number of anilines is 1. The monoisotopic (exact) mass is 296 g/mol. The number of hydrogen-bond acceptors (Lipinski definition) is 4. The van der Waals surface area contributed by atoms with Gasteiger partial charge in [-0.15, -0.1) is 0 Å². The molecule has 112 valence electrons. The first-order valence-corrected chi connectivity index (χ1v) is 6.90. The van der Waals surface area contributed by atoms with Crippen molar-refractivity contribution in [2.24, 2.45) is 5.73 Å². The van der Waals surface area contributed by atoms with E-state index in [4.69, 9.17) is 16.2 Å². The average molecular weight is 296 g/mol. The van der Waals surface area contributed by atoms with Gasteiger partial charge in [-0.3, -0.25) is 9.89 Å². The lowest BCUT2D eigenvalue weighted by atomic mass is 10.0. The Morgan fingerprint density at radius 3 is 2.82 bits per heavy atom. The van der Waals surface area contributed by atoms with Crippen LogP contribution in [0.4, 0.5) is 5.69 Å². The van der Waals surface area contributed by atoms with Crippen LogP contribution in [-0.4, -0.2) is 22.7 Å². The van der Waals surface area contributed by atoms with Crippen LogP contribution in [0.2, 0.25) is 0 Å². The van der Waals surface area contributed by atoms with Gasteiger partial charge in [-0.1, -0.05) is 0 Å². The normalized spacial score (nSPS) is 10.8. The molecule has 0 spiro atoms. The van der Waals surface area contributed by atoms with Crippen molar-refractivity contribution in [2.45, 2.75) is 6.92 Å². The highest BCUT2D eigenvalue weighted by atomic mass is 16.5. The molecule has 0 saturated carbocycles. The summed E-state index contributed by atoms with van der Waals surface area (Å²) in [6.45, 7) is 2.51. The van der Waals surface area contributed by atoms with Gasteiger partial charge in [0, 0.05) is 22.2 Å². The number of fused-ring (bicyclic) bond motifs is 1. The minimum atomic E-state index is -0.525. The number of nitrogens with zero attached hydrogens (tertiary/aromatic N) is 1. The molecule has 3 rings (SSSR count). The van der Waals surface area contributed by atoms with Gasteiger partial charge in [-0.05, 0) is 43.3 Å². The van der Waals surface area contributed by atoms with E-state index >= 15 is 0 Å². The molecule has 0 aliphatic carbocycles. The molecule has 1 amide bonds. The van der Waals surface area contributed by atoms with E-state index in [1.165, 1.54) is 0 Å². The van der Waals surface area contributed by atoms with E-state index < -0.39 is 5.91 Å². The Balaban J connectivity index is 2.17. The van der Waals surface area contributed by atoms with E-state index in [-0.39, 0.29) is 0 Å². The zero-order valence-corrected chi connectivity index (χ0v) is 12.1. The van der Waals surface area contributed by atoms with E-state index in [9.17, 15) is 4.79 Å². The predicted octanol–water partition coefficient (Wildman–Crippen LogP) is 2.31. The number of nitrogens with two attached hydrogens (primary N) is 2. The highest BCUT2D eigenvalue weighted by Crippen LogP contribution is 2.31. The Bertz CT molecular complexity index is 854. The Hall–Kier alpha value is -3.02. The molecule has 0 radical (unpaired) electrons. The second-order valence-electron chi connectivity index (χ2n) is 4.92. The number of carbonyl (C=O) groups excluding carboxylic acids is 1. The zero-order valence-electron chi connectivity index (χ0n) is 12.1. The molecule has 0 aliphatic rings. The third-order valence-electron chi connectivity index (χ3n) is 3.36. The number of hydrogen-bond donors (Lipinski definition) is 3. The van der Waals surface area contributed by atoms with Crippen molar-refractivity contribution in [3.05, 3.63) is 42.0 Å². The number of nitrogens with one attached hydrogen (secondary N) is 1. The summed E-state index contributed by atoms with van der Waals surface area (Å²) in [5.41, 5.74) is 14.3. The molecular formula is C16H16N4O2. The van der Waals surface area contributed by atoms with Gasteiger partial charge in [0.25, 0.3) is 0 Å². The fraction of sp³-hybridized carbons (Fsp3) is 0.125. The van der Waals surface area contributed by atoms with Crippen LogP contribution in [0.5, 0.6) is 5.75 Å². The fourth-order valence-electron chi connectivity index (χ4n) is 2.40. The number of carbonyl (C=O) groups is 1. The number of nitrogen functional groups attached to an aromatic ring is 1. The maximum atomic E-state index is 11.4. The van der Waals surface area contributed by atoms with Gasteiger partial charge in [0.1, 0.15) is 11.4 Å². The van der Waals surface area contributed by atoms with Crippen molar-refractivity contribution in [3.63, 3.8) is 0 Å². The SMILES string of the molecule is CCOc1ccc2[nH]nc(-c3cc(N)cc(C(N)=O)c3)c2c1. The van der Waals surface area contributed by atoms with Gasteiger partial charge in [0.15, 0.2) is 0 Å². The van der Waals surface area contributed by atoms with Crippen molar-refractivity contribution in [1.29, 1.82) is 0 Å².